The molecule has 0 heteroatoms. The Morgan fingerprint density at radius 3 is 0.922 bits per heavy atom. The predicted octanol–water partition coefficient (Wildman–Crippen LogP) is 34.4. The van der Waals surface area contributed by atoms with Crippen LogP contribution in [0.15, 0.2) is 11.6 Å². The largest absolute Gasteiger partial charge is 0.0859 e. The topological polar surface area (TPSA) is 0 Å². The Bertz CT molecular complexity index is 1400. The Balaban J connectivity index is -0.000000180. The molecule has 0 amide bonds. The highest BCUT2D eigenvalue weighted by molar-refractivity contribution is 4.92. The Kier molecular flexibility index (Phi) is 70.1. The van der Waals surface area contributed by atoms with Gasteiger partial charge in [-0.05, 0) is 150 Å². The van der Waals surface area contributed by atoms with Crippen LogP contribution >= 0.6 is 0 Å². The van der Waals surface area contributed by atoms with Crippen LogP contribution in [0.2, 0.25) is 0 Å². The van der Waals surface area contributed by atoms with Crippen molar-refractivity contribution in [1.29, 1.82) is 0 Å². The lowest BCUT2D eigenvalue weighted by molar-refractivity contribution is 0.201. The summed E-state index contributed by atoms with van der Waals surface area (Å²) in [5, 5.41) is 0. The standard InChI is InChI=1S/C17H36.C14H30.C14H28.2C12H26.C11H24.C10H22/c1-6-8-10-12-14-16(17(3,4)5)15-13-11-9-7-2;2*1-12(2)8-7-9-13(3)10-11-14(4,5)6;1-6-7-8-9-10-11(2)12(3,4)5;1-6-8-9-11(7-2)10-12(3,4)5;1-6-8-9-10(7-2)11(3,4)5;1-6-7-8-9(2)10(3,4)5/h16H,6-15H2,1-5H3;12-13H,7-11H2,1-6H3;8,13H,7,9-11H2,1-6H3;2*11H,6-10H2,1-5H3;10H,6-9H2,1-5H3;9H,6-8H2,1-5H3. The van der Waals surface area contributed by atoms with Gasteiger partial charge in [0.25, 0.3) is 0 Å². The van der Waals surface area contributed by atoms with Crippen LogP contribution in [0.4, 0.5) is 0 Å². The molecule has 0 rings (SSSR count). The van der Waals surface area contributed by atoms with Crippen LogP contribution in [0.25, 0.3) is 0 Å². The summed E-state index contributed by atoms with van der Waals surface area (Å²) in [4.78, 5) is 0. The number of hydrogen-bond acceptors (Lipinski definition) is 0. The molecule has 0 N–H and O–H groups in total. The molecule has 6 atom stereocenters. The molecule has 0 aliphatic carbocycles. The van der Waals surface area contributed by atoms with Gasteiger partial charge in [0, 0.05) is 0 Å². The first-order valence-corrected chi connectivity index (χ1v) is 40.7. The van der Waals surface area contributed by atoms with Crippen molar-refractivity contribution in [2.24, 2.45) is 85.2 Å². The maximum Gasteiger partial charge on any atom is -0.0346 e. The van der Waals surface area contributed by atoms with Crippen LogP contribution in [0, 0.1) is 85.2 Å². The molecule has 0 aromatic heterocycles. The maximum absolute atomic E-state index is 2.43. The smallest absolute Gasteiger partial charge is 0.0346 e. The monoisotopic (exact) mass is 1270 g/mol. The fourth-order valence-electron chi connectivity index (χ4n) is 11.6. The van der Waals surface area contributed by atoms with E-state index in [1.165, 1.54) is 237 Å². The summed E-state index contributed by atoms with van der Waals surface area (Å²) in [6, 6.07) is 0. The minimum atomic E-state index is 0.505. The van der Waals surface area contributed by atoms with Gasteiger partial charge in [0.15, 0.2) is 0 Å². The maximum atomic E-state index is 2.43. The normalized spacial score (nSPS) is 14.3. The van der Waals surface area contributed by atoms with E-state index in [-0.39, 0.29) is 0 Å². The van der Waals surface area contributed by atoms with Gasteiger partial charge in [-0.25, -0.2) is 0 Å². The van der Waals surface area contributed by atoms with E-state index in [0.29, 0.717) is 37.9 Å². The van der Waals surface area contributed by atoms with Crippen LogP contribution < -0.4 is 0 Å². The van der Waals surface area contributed by atoms with Gasteiger partial charge in [-0.3, -0.25) is 0 Å². The van der Waals surface area contributed by atoms with Gasteiger partial charge in [-0.1, -0.05) is 434 Å². The molecule has 0 aliphatic rings. The molecule has 0 fully saturated rings. The first-order valence-electron chi connectivity index (χ1n) is 40.7. The minimum Gasteiger partial charge on any atom is -0.0859 e. The molecule has 0 radical (unpaired) electrons. The summed E-state index contributed by atoms with van der Waals surface area (Å²) in [5.74, 6) is 7.24. The van der Waals surface area contributed by atoms with Gasteiger partial charge in [0.05, 0.1) is 0 Å². The molecule has 0 saturated heterocycles. The molecule has 0 bridgehead atoms. The van der Waals surface area contributed by atoms with E-state index >= 15 is 0 Å². The number of allylic oxidation sites excluding steroid dienone is 2. The molecule has 0 saturated carbocycles. The zero-order valence-corrected chi connectivity index (χ0v) is 71.7. The first kappa shape index (κ1) is 103. The van der Waals surface area contributed by atoms with E-state index in [2.05, 4.69) is 262 Å². The summed E-state index contributed by atoms with van der Waals surface area (Å²) < 4.78 is 0. The lowest BCUT2D eigenvalue weighted by atomic mass is 9.75. The molecule has 6 unspecified atom stereocenters. The first-order chi connectivity index (χ1) is 41.1. The highest BCUT2D eigenvalue weighted by Gasteiger charge is 2.25. The molecule has 0 aliphatic heterocycles. The Hall–Kier alpha value is -0.260. The van der Waals surface area contributed by atoms with Crippen molar-refractivity contribution < 1.29 is 0 Å². The molecule has 0 spiro atoms. The van der Waals surface area contributed by atoms with E-state index in [1.54, 1.807) is 0 Å². The van der Waals surface area contributed by atoms with Crippen molar-refractivity contribution in [2.45, 2.75) is 487 Å². The zero-order valence-electron chi connectivity index (χ0n) is 71.7. The van der Waals surface area contributed by atoms with E-state index in [1.807, 2.05) is 0 Å². The fourth-order valence-corrected chi connectivity index (χ4v) is 11.6. The molecule has 0 aromatic rings. The average molecular weight is 1270 g/mol. The quantitative estimate of drug-likeness (QED) is 0.0427. The molecular weight excluding hydrogens is 1080 g/mol. The zero-order chi connectivity index (χ0) is 71.9. The van der Waals surface area contributed by atoms with Crippen molar-refractivity contribution in [3.8, 4) is 0 Å². The van der Waals surface area contributed by atoms with Gasteiger partial charge in [-0.15, -0.1) is 0 Å². The van der Waals surface area contributed by atoms with Gasteiger partial charge < -0.3 is 0 Å². The number of hydrogen-bond donors (Lipinski definition) is 0. The lowest BCUT2D eigenvalue weighted by Gasteiger charge is -2.31. The third-order valence-electron chi connectivity index (χ3n) is 20.0. The summed E-state index contributed by atoms with van der Waals surface area (Å²) >= 11 is 0. The Morgan fingerprint density at radius 1 is 0.289 bits per heavy atom. The molecule has 552 valence electrons. The van der Waals surface area contributed by atoms with Crippen LogP contribution in [-0.2, 0) is 0 Å². The second-order valence-corrected chi connectivity index (χ2v) is 38.7. The third-order valence-corrected chi connectivity index (χ3v) is 20.0. The van der Waals surface area contributed by atoms with Crippen LogP contribution in [-0.4, -0.2) is 0 Å². The highest BCUT2D eigenvalue weighted by atomic mass is 14.3. The summed E-state index contributed by atoms with van der Waals surface area (Å²) in [6.07, 6.45) is 52.5. The van der Waals surface area contributed by atoms with E-state index in [0.717, 1.165) is 47.3 Å². The number of rotatable bonds is 38. The van der Waals surface area contributed by atoms with Crippen LogP contribution in [0.5, 0.6) is 0 Å². The molecule has 0 heterocycles. The van der Waals surface area contributed by atoms with Crippen molar-refractivity contribution in [2.75, 3.05) is 0 Å². The summed E-state index contributed by atoms with van der Waals surface area (Å²) in [5.41, 5.74) is 5.04. The van der Waals surface area contributed by atoms with Gasteiger partial charge >= 0.3 is 0 Å². The Labute approximate surface area is 581 Å². The lowest BCUT2D eigenvalue weighted by Crippen LogP contribution is -2.20. The van der Waals surface area contributed by atoms with Gasteiger partial charge in [0.2, 0.25) is 0 Å². The average Bonchev–Trinajstić information content (AvgIpc) is 3.57. The predicted molar refractivity (Wildman–Crippen MR) is 429 cm³/mol. The molecular formula is C90H192. The van der Waals surface area contributed by atoms with Crippen molar-refractivity contribution >= 4 is 0 Å². The van der Waals surface area contributed by atoms with Gasteiger partial charge in [0.1, 0.15) is 0 Å². The molecule has 0 nitrogen and oxygen atoms in total. The van der Waals surface area contributed by atoms with Crippen molar-refractivity contribution in [3.05, 3.63) is 11.6 Å². The SMILES string of the molecule is CC(C)=CCCC(C)CCC(C)(C)C.CC(C)CCCC(C)CCC(C)(C)C.CCCCC(C)C(C)(C)C.CCCCC(CC)C(C)(C)C.CCCCC(CC)CC(C)(C)C.CCCCCCC(C)C(C)(C)C.CCCCCCC(CCCCCC)C(C)(C)C. The van der Waals surface area contributed by atoms with Crippen molar-refractivity contribution in [3.63, 3.8) is 0 Å². The van der Waals surface area contributed by atoms with E-state index in [9.17, 15) is 0 Å². The summed E-state index contributed by atoms with van der Waals surface area (Å²) in [7, 11) is 0. The summed E-state index contributed by atoms with van der Waals surface area (Å²) in [6.45, 7) is 86.3. The second kappa shape index (κ2) is 61.1. The third kappa shape index (κ3) is 87.7. The van der Waals surface area contributed by atoms with Crippen LogP contribution in [0.3, 0.4) is 0 Å². The highest BCUT2D eigenvalue weighted by Crippen LogP contribution is 2.36. The van der Waals surface area contributed by atoms with Crippen LogP contribution in [0.1, 0.15) is 487 Å². The minimum absolute atomic E-state index is 0.505. The number of unbranched alkanes of at least 4 members (excludes halogenated alkanes) is 12. The van der Waals surface area contributed by atoms with E-state index < -0.39 is 0 Å². The molecule has 90 heavy (non-hydrogen) atoms. The van der Waals surface area contributed by atoms with Crippen molar-refractivity contribution in [1.82, 2.24) is 0 Å². The van der Waals surface area contributed by atoms with Gasteiger partial charge in [-0.2, -0.15) is 0 Å². The molecule has 0 aromatic carbocycles. The Morgan fingerprint density at radius 2 is 0.622 bits per heavy atom. The second-order valence-electron chi connectivity index (χ2n) is 38.7. The van der Waals surface area contributed by atoms with E-state index in [4.69, 9.17) is 0 Å². The fraction of sp³-hybridized carbons (Fsp3) is 0.978.